The summed E-state index contributed by atoms with van der Waals surface area (Å²) in [5.74, 6) is -0.812. The fourth-order valence-corrected chi connectivity index (χ4v) is 4.59. The number of nitro groups is 1. The van der Waals surface area contributed by atoms with Gasteiger partial charge in [-0.2, -0.15) is 0 Å². The molecule has 0 spiro atoms. The highest BCUT2D eigenvalue weighted by Crippen LogP contribution is 2.39. The van der Waals surface area contributed by atoms with E-state index in [2.05, 4.69) is 4.74 Å². The van der Waals surface area contributed by atoms with Gasteiger partial charge in [0.2, 0.25) is 5.75 Å². The molecule has 3 aromatic carbocycles. The van der Waals surface area contributed by atoms with Crippen LogP contribution in [0, 0.1) is 17.0 Å². The van der Waals surface area contributed by atoms with Gasteiger partial charge in [-0.3, -0.25) is 24.6 Å². The zero-order valence-corrected chi connectivity index (χ0v) is 21.4. The van der Waals surface area contributed by atoms with E-state index < -0.39 is 22.5 Å². The number of imide groups is 1. The number of rotatable bonds is 8. The van der Waals surface area contributed by atoms with E-state index in [1.807, 2.05) is 31.2 Å². The number of amides is 2. The second-order valence-electron chi connectivity index (χ2n) is 8.20. The molecule has 0 atom stereocenters. The molecule has 4 rings (SSSR count). The van der Waals surface area contributed by atoms with Crippen LogP contribution in [0.25, 0.3) is 6.08 Å². The van der Waals surface area contributed by atoms with Gasteiger partial charge in [0.15, 0.2) is 11.5 Å². The lowest BCUT2D eigenvalue weighted by atomic mass is 10.1. The number of benzene rings is 3. The van der Waals surface area contributed by atoms with Gasteiger partial charge in [0.05, 0.1) is 36.2 Å². The highest BCUT2D eigenvalue weighted by molar-refractivity contribution is 8.18. The molecule has 1 heterocycles. The van der Waals surface area contributed by atoms with E-state index in [1.165, 1.54) is 37.3 Å². The normalized spacial score (nSPS) is 14.1. The van der Waals surface area contributed by atoms with Crippen LogP contribution in [0.1, 0.15) is 27.0 Å². The summed E-state index contributed by atoms with van der Waals surface area (Å²) in [6, 6.07) is 16.0. The standard InChI is InChI=1S/C27H22N2O8S/c1-16-5-4-6-18(11-16)15-28-25(30)24(38-27(28)32)13-17-7-9-22(23(12-17)35-2)37-21-10-8-19(26(31)36-3)14-20(21)29(33)34/h4-14H,15H2,1-3H3/b24-13-. The van der Waals surface area contributed by atoms with E-state index in [1.54, 1.807) is 18.2 Å². The highest BCUT2D eigenvalue weighted by Gasteiger charge is 2.35. The lowest BCUT2D eigenvalue weighted by Crippen LogP contribution is -2.27. The van der Waals surface area contributed by atoms with Gasteiger partial charge in [-0.05, 0) is 60.2 Å². The highest BCUT2D eigenvalue weighted by atomic mass is 32.2. The van der Waals surface area contributed by atoms with Crippen LogP contribution in [-0.2, 0) is 16.1 Å². The Kier molecular flexibility index (Phi) is 7.77. The van der Waals surface area contributed by atoms with Gasteiger partial charge in [-0.1, -0.05) is 35.9 Å². The number of carbonyl (C=O) groups excluding carboxylic acids is 3. The van der Waals surface area contributed by atoms with Crippen LogP contribution < -0.4 is 9.47 Å². The summed E-state index contributed by atoms with van der Waals surface area (Å²) in [4.78, 5) is 49.5. The summed E-state index contributed by atoms with van der Waals surface area (Å²) >= 11 is 0.845. The van der Waals surface area contributed by atoms with Crippen molar-refractivity contribution in [2.24, 2.45) is 0 Å². The summed E-state index contributed by atoms with van der Waals surface area (Å²) in [5, 5.41) is 11.2. The molecule has 2 amide bonds. The van der Waals surface area contributed by atoms with Crippen molar-refractivity contribution in [2.75, 3.05) is 14.2 Å². The van der Waals surface area contributed by atoms with Gasteiger partial charge < -0.3 is 14.2 Å². The molecule has 0 radical (unpaired) electrons. The maximum Gasteiger partial charge on any atom is 0.338 e. The van der Waals surface area contributed by atoms with Crippen LogP contribution >= 0.6 is 11.8 Å². The molecule has 1 saturated heterocycles. The molecule has 1 aliphatic heterocycles. The van der Waals surface area contributed by atoms with Crippen molar-refractivity contribution in [1.82, 2.24) is 4.90 Å². The average molecular weight is 535 g/mol. The molecular formula is C27H22N2O8S. The Bertz CT molecular complexity index is 1480. The first kappa shape index (κ1) is 26.4. The van der Waals surface area contributed by atoms with E-state index in [0.717, 1.165) is 29.0 Å². The maximum absolute atomic E-state index is 12.9. The van der Waals surface area contributed by atoms with Gasteiger partial charge in [-0.25, -0.2) is 4.79 Å². The molecule has 0 aromatic heterocycles. The predicted octanol–water partition coefficient (Wildman–Crippen LogP) is 5.73. The number of ether oxygens (including phenoxy) is 3. The molecule has 11 heteroatoms. The molecular weight excluding hydrogens is 512 g/mol. The lowest BCUT2D eigenvalue weighted by molar-refractivity contribution is -0.385. The monoisotopic (exact) mass is 534 g/mol. The first-order valence-electron chi connectivity index (χ1n) is 11.2. The second-order valence-corrected chi connectivity index (χ2v) is 9.19. The number of hydrogen-bond acceptors (Lipinski definition) is 9. The molecule has 194 valence electrons. The van der Waals surface area contributed by atoms with Crippen LogP contribution in [0.5, 0.6) is 17.2 Å². The third kappa shape index (κ3) is 5.68. The molecule has 3 aromatic rings. The lowest BCUT2D eigenvalue weighted by Gasteiger charge is -2.13. The molecule has 10 nitrogen and oxygen atoms in total. The number of hydrogen-bond donors (Lipinski definition) is 0. The molecule has 0 N–H and O–H groups in total. The molecule has 38 heavy (non-hydrogen) atoms. The topological polar surface area (TPSA) is 125 Å². The molecule has 0 bridgehead atoms. The Balaban J connectivity index is 1.57. The Hall–Kier alpha value is -4.64. The average Bonchev–Trinajstić information content (AvgIpc) is 3.16. The summed E-state index contributed by atoms with van der Waals surface area (Å²) < 4.78 is 15.7. The summed E-state index contributed by atoms with van der Waals surface area (Å²) in [6.45, 7) is 2.11. The van der Waals surface area contributed by atoms with Crippen LogP contribution in [0.3, 0.4) is 0 Å². The number of esters is 1. The van der Waals surface area contributed by atoms with Crippen molar-refractivity contribution in [1.29, 1.82) is 0 Å². The zero-order valence-electron chi connectivity index (χ0n) is 20.6. The van der Waals surface area contributed by atoms with Crippen molar-refractivity contribution in [2.45, 2.75) is 13.5 Å². The van der Waals surface area contributed by atoms with Crippen molar-refractivity contribution in [3.8, 4) is 17.2 Å². The zero-order chi connectivity index (χ0) is 27.4. The summed E-state index contributed by atoms with van der Waals surface area (Å²) in [7, 11) is 2.58. The number of thioether (sulfide) groups is 1. The van der Waals surface area contributed by atoms with E-state index in [4.69, 9.17) is 9.47 Å². The minimum Gasteiger partial charge on any atom is -0.493 e. The predicted molar refractivity (Wildman–Crippen MR) is 140 cm³/mol. The van der Waals surface area contributed by atoms with Gasteiger partial charge in [0.1, 0.15) is 0 Å². The molecule has 0 saturated carbocycles. The Morgan fingerprint density at radius 3 is 2.47 bits per heavy atom. The summed E-state index contributed by atoms with van der Waals surface area (Å²) in [5.41, 5.74) is 2.02. The van der Waals surface area contributed by atoms with Crippen molar-refractivity contribution in [3.05, 3.63) is 97.9 Å². The Morgan fingerprint density at radius 1 is 1.03 bits per heavy atom. The fourth-order valence-electron chi connectivity index (χ4n) is 3.75. The maximum atomic E-state index is 12.9. The van der Waals surface area contributed by atoms with Crippen LogP contribution in [-0.4, -0.2) is 41.2 Å². The number of methoxy groups -OCH3 is 2. The third-order valence-corrected chi connectivity index (χ3v) is 6.49. The second kappa shape index (κ2) is 11.2. The molecule has 0 aliphatic carbocycles. The van der Waals surface area contributed by atoms with Gasteiger partial charge in [-0.15, -0.1) is 0 Å². The van der Waals surface area contributed by atoms with Gasteiger partial charge in [0.25, 0.3) is 11.1 Å². The van der Waals surface area contributed by atoms with Crippen LogP contribution in [0.2, 0.25) is 0 Å². The van der Waals surface area contributed by atoms with Crippen molar-refractivity contribution < 1.29 is 33.5 Å². The minimum atomic E-state index is -0.718. The van der Waals surface area contributed by atoms with Crippen LogP contribution in [0.15, 0.2) is 65.6 Å². The quantitative estimate of drug-likeness (QED) is 0.154. The fraction of sp³-hybridized carbons (Fsp3) is 0.148. The SMILES string of the molecule is COC(=O)c1ccc(Oc2ccc(/C=C3\SC(=O)N(Cc4cccc(C)c4)C3=O)cc2OC)c([N+](=O)[O-])c1. The molecule has 1 fully saturated rings. The van der Waals surface area contributed by atoms with Gasteiger partial charge in [0, 0.05) is 6.07 Å². The smallest absolute Gasteiger partial charge is 0.338 e. The van der Waals surface area contributed by atoms with E-state index >= 15 is 0 Å². The number of aryl methyl sites for hydroxylation is 1. The first-order valence-corrected chi connectivity index (χ1v) is 12.1. The van der Waals surface area contributed by atoms with E-state index in [0.29, 0.717) is 5.56 Å². The third-order valence-electron chi connectivity index (χ3n) is 5.58. The molecule has 1 aliphatic rings. The van der Waals surface area contributed by atoms with Gasteiger partial charge >= 0.3 is 11.7 Å². The summed E-state index contributed by atoms with van der Waals surface area (Å²) in [6.07, 6.45) is 1.57. The van der Waals surface area contributed by atoms with E-state index in [9.17, 15) is 24.5 Å². The first-order chi connectivity index (χ1) is 18.2. The number of carbonyl (C=O) groups is 3. The minimum absolute atomic E-state index is 0.00482. The van der Waals surface area contributed by atoms with Crippen molar-refractivity contribution in [3.63, 3.8) is 0 Å². The largest absolute Gasteiger partial charge is 0.493 e. The van der Waals surface area contributed by atoms with E-state index in [-0.39, 0.29) is 39.5 Å². The van der Waals surface area contributed by atoms with Crippen molar-refractivity contribution >= 4 is 40.6 Å². The van der Waals surface area contributed by atoms with Crippen LogP contribution in [0.4, 0.5) is 10.5 Å². The Labute approximate surface area is 221 Å². The number of nitro benzene ring substituents is 1. The Morgan fingerprint density at radius 2 is 1.79 bits per heavy atom. The number of nitrogens with zero attached hydrogens (tertiary/aromatic N) is 2. The molecule has 0 unspecified atom stereocenters.